The largest absolute Gasteiger partial charge is 0.494 e. The van der Waals surface area contributed by atoms with Gasteiger partial charge in [-0.2, -0.15) is 0 Å². The molecule has 6 heteroatoms. The molecule has 0 bridgehead atoms. The highest BCUT2D eigenvalue weighted by atomic mass is 32.1. The maximum Gasteiger partial charge on any atom is 0.341 e. The first-order chi connectivity index (χ1) is 15.1. The van der Waals surface area contributed by atoms with Gasteiger partial charge in [-0.3, -0.25) is 4.79 Å². The quantitative estimate of drug-likeness (QED) is 0.329. The number of carbonyl (C=O) groups is 2. The zero-order chi connectivity index (χ0) is 22.1. The molecule has 3 aromatic rings. The number of esters is 1. The summed E-state index contributed by atoms with van der Waals surface area (Å²) in [5.41, 5.74) is 2.88. The van der Waals surface area contributed by atoms with E-state index >= 15 is 0 Å². The molecule has 0 fully saturated rings. The Balaban J connectivity index is 1.75. The second kappa shape index (κ2) is 11.1. The third kappa shape index (κ3) is 6.06. The molecule has 31 heavy (non-hydrogen) atoms. The molecule has 0 spiro atoms. The molecule has 3 rings (SSSR count). The fraction of sp³-hybridized carbons (Fsp3) is 0.200. The maximum atomic E-state index is 12.6. The standard InChI is InChI=1S/C25H25NO4S/c1-3-16-30-20-13-10-18(11-14-20)12-15-22(27)26-24-23(25(28)29-4-2)21(17-31-24)19-8-6-5-7-9-19/h5-15,17H,3-4,16H2,1-2H3,(H,26,27)/b15-12+. The van der Waals surface area contributed by atoms with E-state index in [1.807, 2.05) is 60.0 Å². The second-order valence-electron chi connectivity index (χ2n) is 6.68. The average molecular weight is 436 g/mol. The Hall–Kier alpha value is -3.38. The van der Waals surface area contributed by atoms with Crippen molar-refractivity contribution in [3.05, 3.63) is 77.2 Å². The van der Waals surface area contributed by atoms with E-state index in [-0.39, 0.29) is 12.5 Å². The van der Waals surface area contributed by atoms with Gasteiger partial charge in [-0.05, 0) is 42.7 Å². The van der Waals surface area contributed by atoms with Crippen LogP contribution in [0.15, 0.2) is 66.1 Å². The van der Waals surface area contributed by atoms with Crippen molar-refractivity contribution in [3.63, 3.8) is 0 Å². The van der Waals surface area contributed by atoms with Gasteiger partial charge in [0.15, 0.2) is 0 Å². The van der Waals surface area contributed by atoms with E-state index < -0.39 is 5.97 Å². The molecule has 0 atom stereocenters. The molecule has 160 valence electrons. The molecular weight excluding hydrogens is 410 g/mol. The van der Waals surface area contributed by atoms with Gasteiger partial charge in [-0.15, -0.1) is 11.3 Å². The Morgan fingerprint density at radius 3 is 2.45 bits per heavy atom. The lowest BCUT2D eigenvalue weighted by atomic mass is 10.0. The Kier molecular flexibility index (Phi) is 8.01. The van der Waals surface area contributed by atoms with Crippen LogP contribution in [0.1, 0.15) is 36.2 Å². The molecule has 0 radical (unpaired) electrons. The van der Waals surface area contributed by atoms with Crippen molar-refractivity contribution in [1.29, 1.82) is 0 Å². The van der Waals surface area contributed by atoms with Crippen molar-refractivity contribution in [2.75, 3.05) is 18.5 Å². The SMILES string of the molecule is CCCOc1ccc(/C=C/C(=O)Nc2scc(-c3ccccc3)c2C(=O)OCC)cc1. The van der Waals surface area contributed by atoms with Gasteiger partial charge in [0.1, 0.15) is 16.3 Å². The molecule has 0 aliphatic heterocycles. The fourth-order valence-corrected chi connectivity index (χ4v) is 3.87. The number of hydrogen-bond donors (Lipinski definition) is 1. The third-order valence-electron chi connectivity index (χ3n) is 4.37. The molecule has 1 heterocycles. The monoisotopic (exact) mass is 435 g/mol. The van der Waals surface area contributed by atoms with E-state index in [1.54, 1.807) is 13.0 Å². The van der Waals surface area contributed by atoms with Crippen LogP contribution in [0, 0.1) is 0 Å². The van der Waals surface area contributed by atoms with Crippen LogP contribution < -0.4 is 10.1 Å². The van der Waals surface area contributed by atoms with E-state index in [9.17, 15) is 9.59 Å². The molecule has 5 nitrogen and oxygen atoms in total. The zero-order valence-corrected chi connectivity index (χ0v) is 18.4. The fourth-order valence-electron chi connectivity index (χ4n) is 2.91. The predicted molar refractivity (Wildman–Crippen MR) is 126 cm³/mol. The van der Waals surface area contributed by atoms with Crippen LogP contribution in [-0.4, -0.2) is 25.1 Å². The molecule has 0 saturated carbocycles. The summed E-state index contributed by atoms with van der Waals surface area (Å²) in [6, 6.07) is 17.1. The van der Waals surface area contributed by atoms with Gasteiger partial charge in [0.05, 0.1) is 13.2 Å². The van der Waals surface area contributed by atoms with Crippen molar-refractivity contribution in [2.45, 2.75) is 20.3 Å². The first kappa shape index (κ1) is 22.3. The first-order valence-electron chi connectivity index (χ1n) is 10.2. The number of carbonyl (C=O) groups excluding carboxylic acids is 2. The van der Waals surface area contributed by atoms with Crippen molar-refractivity contribution in [2.24, 2.45) is 0 Å². The van der Waals surface area contributed by atoms with Gasteiger partial charge >= 0.3 is 5.97 Å². The molecule has 1 amide bonds. The number of nitrogens with one attached hydrogen (secondary N) is 1. The van der Waals surface area contributed by atoms with Gasteiger partial charge in [0, 0.05) is 17.0 Å². The molecule has 2 aromatic carbocycles. The van der Waals surface area contributed by atoms with Crippen molar-refractivity contribution < 1.29 is 19.1 Å². The van der Waals surface area contributed by atoms with Crippen LogP contribution in [0.2, 0.25) is 0 Å². The lowest BCUT2D eigenvalue weighted by Gasteiger charge is -2.08. The summed E-state index contributed by atoms with van der Waals surface area (Å²) in [5.74, 6) is 0.0254. The van der Waals surface area contributed by atoms with Crippen LogP contribution in [-0.2, 0) is 9.53 Å². The average Bonchev–Trinajstić information content (AvgIpc) is 3.21. The normalized spacial score (nSPS) is 10.8. The summed E-state index contributed by atoms with van der Waals surface area (Å²) in [6.45, 7) is 4.74. The minimum atomic E-state index is -0.454. The summed E-state index contributed by atoms with van der Waals surface area (Å²) in [7, 11) is 0. The summed E-state index contributed by atoms with van der Waals surface area (Å²) in [5, 5.41) is 5.14. The molecule has 0 aliphatic rings. The highest BCUT2D eigenvalue weighted by Crippen LogP contribution is 2.36. The highest BCUT2D eigenvalue weighted by molar-refractivity contribution is 7.15. The molecule has 1 N–H and O–H groups in total. The van der Waals surface area contributed by atoms with Gasteiger partial charge in [0.25, 0.3) is 0 Å². The molecule has 0 saturated heterocycles. The van der Waals surface area contributed by atoms with Gasteiger partial charge in [-0.25, -0.2) is 4.79 Å². The number of ether oxygens (including phenoxy) is 2. The smallest absolute Gasteiger partial charge is 0.341 e. The van der Waals surface area contributed by atoms with Crippen LogP contribution >= 0.6 is 11.3 Å². The van der Waals surface area contributed by atoms with Crippen LogP contribution in [0.3, 0.4) is 0 Å². The Labute approximate surface area is 186 Å². The molecular formula is C25H25NO4S. The van der Waals surface area contributed by atoms with E-state index in [1.165, 1.54) is 17.4 Å². The summed E-state index contributed by atoms with van der Waals surface area (Å²) in [4.78, 5) is 25.1. The Morgan fingerprint density at radius 2 is 1.77 bits per heavy atom. The van der Waals surface area contributed by atoms with Gasteiger partial charge < -0.3 is 14.8 Å². The van der Waals surface area contributed by atoms with Crippen LogP contribution in [0.4, 0.5) is 5.00 Å². The maximum absolute atomic E-state index is 12.6. The lowest BCUT2D eigenvalue weighted by Crippen LogP contribution is -2.12. The van der Waals surface area contributed by atoms with Crippen molar-refractivity contribution in [3.8, 4) is 16.9 Å². The lowest BCUT2D eigenvalue weighted by molar-refractivity contribution is -0.111. The summed E-state index contributed by atoms with van der Waals surface area (Å²) in [6.07, 6.45) is 4.11. The van der Waals surface area contributed by atoms with Gasteiger partial charge in [0.2, 0.25) is 5.91 Å². The number of rotatable bonds is 9. The van der Waals surface area contributed by atoms with Crippen LogP contribution in [0.25, 0.3) is 17.2 Å². The number of anilines is 1. The minimum absolute atomic E-state index is 0.258. The Morgan fingerprint density at radius 1 is 1.03 bits per heavy atom. The predicted octanol–water partition coefficient (Wildman–Crippen LogP) is 6.03. The van der Waals surface area contributed by atoms with Crippen molar-refractivity contribution >= 4 is 34.3 Å². The molecule has 0 unspecified atom stereocenters. The van der Waals surface area contributed by atoms with Crippen LogP contribution in [0.5, 0.6) is 5.75 Å². The molecule has 1 aromatic heterocycles. The van der Waals surface area contributed by atoms with Crippen molar-refractivity contribution in [1.82, 2.24) is 0 Å². The highest BCUT2D eigenvalue weighted by Gasteiger charge is 2.22. The van der Waals surface area contributed by atoms with Gasteiger partial charge in [-0.1, -0.05) is 49.4 Å². The molecule has 0 aliphatic carbocycles. The van der Waals surface area contributed by atoms with E-state index in [0.717, 1.165) is 28.9 Å². The second-order valence-corrected chi connectivity index (χ2v) is 7.56. The van der Waals surface area contributed by atoms with E-state index in [0.29, 0.717) is 17.2 Å². The number of thiophene rings is 1. The first-order valence-corrected chi connectivity index (χ1v) is 11.1. The van der Waals surface area contributed by atoms with E-state index in [4.69, 9.17) is 9.47 Å². The number of benzene rings is 2. The van der Waals surface area contributed by atoms with E-state index in [2.05, 4.69) is 12.2 Å². The topological polar surface area (TPSA) is 64.6 Å². The zero-order valence-electron chi connectivity index (χ0n) is 17.6. The third-order valence-corrected chi connectivity index (χ3v) is 5.27. The number of amides is 1. The summed E-state index contributed by atoms with van der Waals surface area (Å²) >= 11 is 1.30. The minimum Gasteiger partial charge on any atom is -0.494 e. The Bertz CT molecular complexity index is 1040. The summed E-state index contributed by atoms with van der Waals surface area (Å²) < 4.78 is 10.8. The number of hydrogen-bond acceptors (Lipinski definition) is 5.